The molecule has 0 aliphatic rings. The second-order valence-electron chi connectivity index (χ2n) is 8.68. The molecular weight excluding hydrogens is 382 g/mol. The van der Waals surface area contributed by atoms with Gasteiger partial charge in [0.05, 0.1) is 6.10 Å². The number of ether oxygens (including phenoxy) is 1. The molecule has 0 aliphatic heterocycles. The Kier molecular flexibility index (Phi) is 10.1. The lowest BCUT2D eigenvalue weighted by atomic mass is 10.1. The van der Waals surface area contributed by atoms with Crippen molar-refractivity contribution >= 4 is 23.5 Å². The molecule has 0 bridgehead atoms. The van der Waals surface area contributed by atoms with E-state index in [1.54, 1.807) is 0 Å². The molecule has 30 heavy (non-hydrogen) atoms. The number of benzene rings is 1. The second-order valence-corrected chi connectivity index (χ2v) is 8.68. The van der Waals surface area contributed by atoms with E-state index in [9.17, 15) is 9.59 Å². The van der Waals surface area contributed by atoms with Gasteiger partial charge in [-0.2, -0.15) is 0 Å². The highest BCUT2D eigenvalue weighted by molar-refractivity contribution is 5.95. The minimum atomic E-state index is -0.325. The first-order chi connectivity index (χ1) is 13.9. The molecule has 8 heteroatoms. The highest BCUT2D eigenvalue weighted by Gasteiger charge is 2.13. The number of aliphatic imine (C=N–C) groups is 1. The molecule has 0 aliphatic carbocycles. The smallest absolute Gasteiger partial charge is 0.242 e. The van der Waals surface area contributed by atoms with Crippen molar-refractivity contribution in [2.45, 2.75) is 72.6 Å². The quantitative estimate of drug-likeness (QED) is 0.364. The van der Waals surface area contributed by atoms with Crippen LogP contribution in [0.5, 0.6) is 5.75 Å². The average Bonchev–Trinajstić information content (AvgIpc) is 2.58. The maximum atomic E-state index is 12.1. The lowest BCUT2D eigenvalue weighted by Crippen LogP contribution is -2.42. The fourth-order valence-electron chi connectivity index (χ4n) is 2.46. The van der Waals surface area contributed by atoms with Crippen LogP contribution in [0.4, 0.5) is 5.69 Å². The van der Waals surface area contributed by atoms with Crippen LogP contribution < -0.4 is 26.0 Å². The molecule has 0 fully saturated rings. The number of amides is 2. The summed E-state index contributed by atoms with van der Waals surface area (Å²) in [6.07, 6.45) is 0.398. The predicted octanol–water partition coefficient (Wildman–Crippen LogP) is 2.66. The Morgan fingerprint density at radius 1 is 1.03 bits per heavy atom. The van der Waals surface area contributed by atoms with Gasteiger partial charge in [0.15, 0.2) is 5.96 Å². The third-order valence-electron chi connectivity index (χ3n) is 3.48. The fourth-order valence-corrected chi connectivity index (χ4v) is 2.46. The Balaban J connectivity index is 2.76. The van der Waals surface area contributed by atoms with Crippen LogP contribution in [0.1, 0.15) is 54.9 Å². The van der Waals surface area contributed by atoms with Crippen LogP contribution in [0.3, 0.4) is 0 Å². The van der Waals surface area contributed by atoms with E-state index < -0.39 is 0 Å². The summed E-state index contributed by atoms with van der Waals surface area (Å²) in [7, 11) is 0. The molecule has 2 amide bonds. The molecular formula is C22H37N5O3. The summed E-state index contributed by atoms with van der Waals surface area (Å²) in [6.45, 7) is 13.9. The SMILES string of the molecule is CC(C)NC(=O)CCNC(=NCC(=O)NC(C)(C)C)Nc1ccc(OC(C)C)cc1. The molecule has 8 nitrogen and oxygen atoms in total. The summed E-state index contributed by atoms with van der Waals surface area (Å²) in [5.74, 6) is 0.977. The van der Waals surface area contributed by atoms with Gasteiger partial charge in [-0.05, 0) is 72.7 Å². The van der Waals surface area contributed by atoms with E-state index in [4.69, 9.17) is 4.74 Å². The molecule has 0 radical (unpaired) electrons. The number of carbonyl (C=O) groups excluding carboxylic acids is 2. The molecule has 168 valence electrons. The second kappa shape index (κ2) is 12.0. The normalized spacial score (nSPS) is 12.0. The summed E-state index contributed by atoms with van der Waals surface area (Å²) in [6, 6.07) is 7.56. The van der Waals surface area contributed by atoms with Gasteiger partial charge in [0, 0.05) is 30.2 Å². The van der Waals surface area contributed by atoms with Gasteiger partial charge in [0.1, 0.15) is 12.3 Å². The number of nitrogens with one attached hydrogen (secondary N) is 4. The molecule has 0 atom stereocenters. The van der Waals surface area contributed by atoms with Gasteiger partial charge in [0.2, 0.25) is 11.8 Å². The van der Waals surface area contributed by atoms with E-state index in [1.807, 2.05) is 72.7 Å². The molecule has 1 aromatic rings. The van der Waals surface area contributed by atoms with Crippen molar-refractivity contribution in [3.05, 3.63) is 24.3 Å². The van der Waals surface area contributed by atoms with Gasteiger partial charge in [0.25, 0.3) is 0 Å². The first-order valence-electron chi connectivity index (χ1n) is 10.4. The van der Waals surface area contributed by atoms with Gasteiger partial charge in [-0.3, -0.25) is 9.59 Å². The first-order valence-corrected chi connectivity index (χ1v) is 10.4. The summed E-state index contributed by atoms with van der Waals surface area (Å²) < 4.78 is 5.65. The zero-order valence-corrected chi connectivity index (χ0v) is 19.3. The van der Waals surface area contributed by atoms with Gasteiger partial charge in [-0.1, -0.05) is 0 Å². The van der Waals surface area contributed by atoms with Crippen molar-refractivity contribution in [1.29, 1.82) is 0 Å². The molecule has 1 aromatic carbocycles. The van der Waals surface area contributed by atoms with E-state index in [0.717, 1.165) is 11.4 Å². The first kappa shape index (κ1) is 25.3. The van der Waals surface area contributed by atoms with Crippen LogP contribution in [-0.2, 0) is 9.59 Å². The molecule has 0 unspecified atom stereocenters. The minimum absolute atomic E-state index is 0.0284. The zero-order valence-electron chi connectivity index (χ0n) is 19.3. The fraction of sp³-hybridized carbons (Fsp3) is 0.591. The number of rotatable bonds is 9. The van der Waals surface area contributed by atoms with Crippen LogP contribution >= 0.6 is 0 Å². The van der Waals surface area contributed by atoms with E-state index in [-0.39, 0.29) is 36.0 Å². The van der Waals surface area contributed by atoms with Gasteiger partial charge in [-0.15, -0.1) is 0 Å². The van der Waals surface area contributed by atoms with Crippen molar-refractivity contribution in [3.8, 4) is 5.75 Å². The van der Waals surface area contributed by atoms with Gasteiger partial charge in [-0.25, -0.2) is 4.99 Å². The number of carbonyl (C=O) groups is 2. The number of nitrogens with zero attached hydrogens (tertiary/aromatic N) is 1. The van der Waals surface area contributed by atoms with E-state index in [2.05, 4.69) is 26.3 Å². The van der Waals surface area contributed by atoms with Crippen LogP contribution in [0, 0.1) is 0 Å². The lowest BCUT2D eigenvalue weighted by molar-refractivity contribution is -0.122. The predicted molar refractivity (Wildman–Crippen MR) is 122 cm³/mol. The summed E-state index contributed by atoms with van der Waals surface area (Å²) >= 11 is 0. The van der Waals surface area contributed by atoms with E-state index >= 15 is 0 Å². The average molecular weight is 420 g/mol. The van der Waals surface area contributed by atoms with E-state index in [1.165, 1.54) is 0 Å². The Labute approximate surface area is 180 Å². The van der Waals surface area contributed by atoms with Crippen LogP contribution in [-0.4, -0.2) is 48.5 Å². The molecule has 0 spiro atoms. The van der Waals surface area contributed by atoms with Crippen LogP contribution in [0.25, 0.3) is 0 Å². The standard InChI is InChI=1S/C22H37N5O3/c1-15(2)25-19(28)12-13-23-21(24-14-20(29)27-22(5,6)7)26-17-8-10-18(11-9-17)30-16(3)4/h8-11,15-16H,12-14H2,1-7H3,(H,25,28)(H,27,29)(H2,23,24,26). The Hall–Kier alpha value is -2.77. The molecule has 4 N–H and O–H groups in total. The maximum absolute atomic E-state index is 12.1. The minimum Gasteiger partial charge on any atom is -0.491 e. The van der Waals surface area contributed by atoms with Crippen LogP contribution in [0.2, 0.25) is 0 Å². The van der Waals surface area contributed by atoms with E-state index in [0.29, 0.717) is 18.9 Å². The van der Waals surface area contributed by atoms with Crippen molar-refractivity contribution in [2.75, 3.05) is 18.4 Å². The lowest BCUT2D eigenvalue weighted by Gasteiger charge is -2.20. The highest BCUT2D eigenvalue weighted by Crippen LogP contribution is 2.16. The number of hydrogen-bond donors (Lipinski definition) is 4. The van der Waals surface area contributed by atoms with Gasteiger partial charge < -0.3 is 26.0 Å². The van der Waals surface area contributed by atoms with Crippen molar-refractivity contribution in [2.24, 2.45) is 4.99 Å². The third kappa shape index (κ3) is 11.9. The number of anilines is 1. The van der Waals surface area contributed by atoms with Crippen molar-refractivity contribution in [1.82, 2.24) is 16.0 Å². The van der Waals surface area contributed by atoms with Crippen molar-refractivity contribution in [3.63, 3.8) is 0 Å². The number of hydrogen-bond acceptors (Lipinski definition) is 4. The molecule has 1 rings (SSSR count). The Bertz CT molecular complexity index is 706. The topological polar surface area (TPSA) is 104 Å². The monoisotopic (exact) mass is 419 g/mol. The Morgan fingerprint density at radius 2 is 1.67 bits per heavy atom. The molecule has 0 saturated carbocycles. The maximum Gasteiger partial charge on any atom is 0.242 e. The number of guanidine groups is 1. The largest absolute Gasteiger partial charge is 0.491 e. The van der Waals surface area contributed by atoms with Crippen molar-refractivity contribution < 1.29 is 14.3 Å². The zero-order chi connectivity index (χ0) is 22.7. The third-order valence-corrected chi connectivity index (χ3v) is 3.48. The summed E-state index contributed by atoms with van der Waals surface area (Å²) in [5.41, 5.74) is 0.467. The highest BCUT2D eigenvalue weighted by atomic mass is 16.5. The van der Waals surface area contributed by atoms with Crippen LogP contribution in [0.15, 0.2) is 29.3 Å². The summed E-state index contributed by atoms with van der Waals surface area (Å²) in [5, 5.41) is 12.0. The Morgan fingerprint density at radius 3 is 2.20 bits per heavy atom. The van der Waals surface area contributed by atoms with Gasteiger partial charge >= 0.3 is 0 Å². The molecule has 0 saturated heterocycles. The molecule has 0 heterocycles. The summed E-state index contributed by atoms with van der Waals surface area (Å²) in [4.78, 5) is 28.3. The molecule has 0 aromatic heterocycles.